The maximum atomic E-state index is 11.0. The quantitative estimate of drug-likeness (QED) is 0.374. The van der Waals surface area contributed by atoms with Gasteiger partial charge in [0.15, 0.2) is 5.82 Å². The lowest BCUT2D eigenvalue weighted by Crippen LogP contribution is -2.08. The molecule has 0 amide bonds. The number of nitrogens with two attached hydrogens (primary N) is 1. The SMILES string of the molecule is Nc1n[nH]c2cc(-c3cnn(CC(=O)O)c3)nc(-c3ccc(Oc4ccccc4)cc3)c12. The molecule has 0 radical (unpaired) electrons. The van der Waals surface area contributed by atoms with E-state index in [4.69, 9.17) is 20.6 Å². The number of H-pyrrole nitrogens is 1. The van der Waals surface area contributed by atoms with E-state index in [-0.39, 0.29) is 6.54 Å². The lowest BCUT2D eigenvalue weighted by Gasteiger charge is -2.09. The minimum absolute atomic E-state index is 0.227. The van der Waals surface area contributed by atoms with Crippen LogP contribution in [0.5, 0.6) is 11.5 Å². The Morgan fingerprint density at radius 2 is 1.81 bits per heavy atom. The first kappa shape index (κ1) is 19.3. The number of carbonyl (C=O) groups is 1. The van der Waals surface area contributed by atoms with Crippen molar-refractivity contribution in [2.45, 2.75) is 6.54 Å². The number of hydrogen-bond acceptors (Lipinski definition) is 6. The number of ether oxygens (including phenoxy) is 1. The molecule has 0 atom stereocenters. The first-order valence-electron chi connectivity index (χ1n) is 9.79. The van der Waals surface area contributed by atoms with E-state index in [9.17, 15) is 4.79 Å². The molecule has 0 bridgehead atoms. The number of carboxylic acids is 1. The first-order valence-corrected chi connectivity index (χ1v) is 9.79. The summed E-state index contributed by atoms with van der Waals surface area (Å²) < 4.78 is 7.22. The zero-order chi connectivity index (χ0) is 22.1. The van der Waals surface area contributed by atoms with Crippen LogP contribution in [0.25, 0.3) is 33.4 Å². The van der Waals surface area contributed by atoms with E-state index in [0.29, 0.717) is 33.9 Å². The third-order valence-corrected chi connectivity index (χ3v) is 4.91. The molecule has 0 spiro atoms. The van der Waals surface area contributed by atoms with E-state index in [1.54, 1.807) is 12.4 Å². The van der Waals surface area contributed by atoms with Gasteiger partial charge in [0.2, 0.25) is 0 Å². The number of anilines is 1. The molecule has 5 aromatic rings. The fraction of sp³-hybridized carbons (Fsp3) is 0.0435. The van der Waals surface area contributed by atoms with Crippen molar-refractivity contribution in [3.05, 3.63) is 73.1 Å². The summed E-state index contributed by atoms with van der Waals surface area (Å²) in [5.41, 5.74) is 9.63. The number of aliphatic carboxylic acids is 1. The van der Waals surface area contributed by atoms with Crippen LogP contribution in [-0.2, 0) is 11.3 Å². The highest BCUT2D eigenvalue weighted by Gasteiger charge is 2.16. The molecular weight excluding hydrogens is 408 g/mol. The van der Waals surface area contributed by atoms with Crippen molar-refractivity contribution in [3.8, 4) is 34.0 Å². The number of para-hydroxylation sites is 1. The number of aromatic amines is 1. The Morgan fingerprint density at radius 1 is 1.06 bits per heavy atom. The summed E-state index contributed by atoms with van der Waals surface area (Å²) >= 11 is 0. The largest absolute Gasteiger partial charge is 0.480 e. The van der Waals surface area contributed by atoms with Gasteiger partial charge in [0.25, 0.3) is 0 Å². The molecule has 9 heteroatoms. The number of fused-ring (bicyclic) bond motifs is 1. The number of nitrogens with one attached hydrogen (secondary N) is 1. The number of rotatable bonds is 6. The van der Waals surface area contributed by atoms with E-state index < -0.39 is 5.97 Å². The molecule has 4 N–H and O–H groups in total. The predicted octanol–water partition coefficient (Wildman–Crippen LogP) is 3.95. The summed E-state index contributed by atoms with van der Waals surface area (Å²) in [6.45, 7) is -0.227. The molecule has 32 heavy (non-hydrogen) atoms. The van der Waals surface area contributed by atoms with Gasteiger partial charge in [-0.3, -0.25) is 14.6 Å². The van der Waals surface area contributed by atoms with Gasteiger partial charge >= 0.3 is 5.97 Å². The Labute approximate surface area is 182 Å². The van der Waals surface area contributed by atoms with Gasteiger partial charge in [-0.2, -0.15) is 10.2 Å². The molecule has 0 saturated heterocycles. The lowest BCUT2D eigenvalue weighted by atomic mass is 10.1. The number of benzene rings is 2. The number of nitrogens with zero attached hydrogens (tertiary/aromatic N) is 4. The maximum Gasteiger partial charge on any atom is 0.325 e. The molecule has 9 nitrogen and oxygen atoms in total. The van der Waals surface area contributed by atoms with Crippen molar-refractivity contribution in [1.29, 1.82) is 0 Å². The summed E-state index contributed by atoms with van der Waals surface area (Å²) in [5, 5.41) is 20.9. The van der Waals surface area contributed by atoms with Gasteiger partial charge < -0.3 is 15.6 Å². The monoisotopic (exact) mass is 426 g/mol. The Balaban J connectivity index is 1.53. The molecule has 0 aliphatic carbocycles. The van der Waals surface area contributed by atoms with Crippen LogP contribution in [0, 0.1) is 0 Å². The maximum absolute atomic E-state index is 11.0. The molecule has 3 heterocycles. The second-order valence-electron chi connectivity index (χ2n) is 7.15. The molecule has 0 aliphatic rings. The van der Waals surface area contributed by atoms with Gasteiger partial charge in [-0.05, 0) is 42.5 Å². The van der Waals surface area contributed by atoms with Crippen LogP contribution in [0.15, 0.2) is 73.1 Å². The van der Waals surface area contributed by atoms with Crippen molar-refractivity contribution in [2.24, 2.45) is 0 Å². The average Bonchev–Trinajstić information content (AvgIpc) is 3.41. The third kappa shape index (κ3) is 3.74. The molecule has 2 aromatic carbocycles. The highest BCUT2D eigenvalue weighted by atomic mass is 16.5. The second-order valence-corrected chi connectivity index (χ2v) is 7.15. The summed E-state index contributed by atoms with van der Waals surface area (Å²) in [5.74, 6) is 0.825. The highest BCUT2D eigenvalue weighted by Crippen LogP contribution is 2.34. The molecule has 3 aromatic heterocycles. The second kappa shape index (κ2) is 7.88. The minimum atomic E-state index is -0.970. The van der Waals surface area contributed by atoms with Gasteiger partial charge in [-0.15, -0.1) is 0 Å². The van der Waals surface area contributed by atoms with Crippen LogP contribution < -0.4 is 10.5 Å². The molecule has 0 unspecified atom stereocenters. The number of carboxylic acid groups (broad SMARTS) is 1. The zero-order valence-corrected chi connectivity index (χ0v) is 16.8. The van der Waals surface area contributed by atoms with Crippen molar-refractivity contribution in [1.82, 2.24) is 25.0 Å². The molecule has 0 aliphatic heterocycles. The normalized spacial score (nSPS) is 11.0. The Bertz CT molecular complexity index is 1410. The van der Waals surface area contributed by atoms with E-state index in [1.807, 2.05) is 60.7 Å². The number of hydrogen-bond donors (Lipinski definition) is 3. The van der Waals surface area contributed by atoms with Crippen LogP contribution >= 0.6 is 0 Å². The lowest BCUT2D eigenvalue weighted by molar-refractivity contribution is -0.137. The summed E-state index contributed by atoms with van der Waals surface area (Å²) in [4.78, 5) is 15.8. The van der Waals surface area contributed by atoms with Crippen molar-refractivity contribution >= 4 is 22.7 Å². The van der Waals surface area contributed by atoms with Gasteiger partial charge in [-0.1, -0.05) is 18.2 Å². The molecule has 5 rings (SSSR count). The summed E-state index contributed by atoms with van der Waals surface area (Å²) in [6.07, 6.45) is 3.22. The van der Waals surface area contributed by atoms with Gasteiger partial charge in [0, 0.05) is 17.3 Å². The molecule has 0 fully saturated rings. The van der Waals surface area contributed by atoms with Crippen molar-refractivity contribution in [3.63, 3.8) is 0 Å². The molecule has 158 valence electrons. The standard InChI is InChI=1S/C23H18N6O3/c24-23-21-19(27-28-23)10-18(15-11-25-29(12-15)13-20(30)31)26-22(21)14-6-8-17(9-7-14)32-16-4-2-1-3-5-16/h1-12H,13H2,(H,30,31)(H3,24,27,28). The van der Waals surface area contributed by atoms with E-state index >= 15 is 0 Å². The molecular formula is C23H18N6O3. The average molecular weight is 426 g/mol. The van der Waals surface area contributed by atoms with E-state index in [0.717, 1.165) is 16.8 Å². The van der Waals surface area contributed by atoms with E-state index in [1.165, 1.54) is 4.68 Å². The smallest absolute Gasteiger partial charge is 0.325 e. The van der Waals surface area contributed by atoms with Gasteiger partial charge in [-0.25, -0.2) is 4.98 Å². The Morgan fingerprint density at radius 3 is 2.56 bits per heavy atom. The van der Waals surface area contributed by atoms with Crippen LogP contribution in [-0.4, -0.2) is 36.0 Å². The number of aromatic nitrogens is 5. The Kier molecular flexibility index (Phi) is 4.75. The fourth-order valence-corrected chi connectivity index (χ4v) is 3.45. The Hall–Kier alpha value is -4.66. The topological polar surface area (TPSA) is 132 Å². The predicted molar refractivity (Wildman–Crippen MR) is 119 cm³/mol. The fourth-order valence-electron chi connectivity index (χ4n) is 3.45. The number of nitrogen functional groups attached to an aromatic ring is 1. The van der Waals surface area contributed by atoms with Crippen LogP contribution in [0.4, 0.5) is 5.82 Å². The minimum Gasteiger partial charge on any atom is -0.480 e. The summed E-state index contributed by atoms with van der Waals surface area (Å²) in [7, 11) is 0. The van der Waals surface area contributed by atoms with Gasteiger partial charge in [0.1, 0.15) is 18.0 Å². The van der Waals surface area contributed by atoms with Gasteiger partial charge in [0.05, 0.1) is 28.5 Å². The van der Waals surface area contributed by atoms with Crippen LogP contribution in [0.2, 0.25) is 0 Å². The number of pyridine rings is 1. The zero-order valence-electron chi connectivity index (χ0n) is 16.8. The summed E-state index contributed by atoms with van der Waals surface area (Å²) in [6, 6.07) is 18.9. The third-order valence-electron chi connectivity index (χ3n) is 4.91. The van der Waals surface area contributed by atoms with Crippen LogP contribution in [0.3, 0.4) is 0 Å². The van der Waals surface area contributed by atoms with Crippen molar-refractivity contribution < 1.29 is 14.6 Å². The van der Waals surface area contributed by atoms with E-state index in [2.05, 4.69) is 15.3 Å². The van der Waals surface area contributed by atoms with Crippen LogP contribution in [0.1, 0.15) is 0 Å². The van der Waals surface area contributed by atoms with Crippen molar-refractivity contribution in [2.75, 3.05) is 5.73 Å². The molecule has 0 saturated carbocycles. The highest BCUT2D eigenvalue weighted by molar-refractivity contribution is 6.01. The first-order chi connectivity index (χ1) is 15.6.